The van der Waals surface area contributed by atoms with Crippen LogP contribution in [0.4, 0.5) is 0 Å². The molecule has 0 aliphatic carbocycles. The summed E-state index contributed by atoms with van der Waals surface area (Å²) in [6, 6.07) is 10.4. The second kappa shape index (κ2) is 7.20. The molecule has 1 N–H and O–H groups in total. The van der Waals surface area contributed by atoms with Gasteiger partial charge in [0.05, 0.1) is 13.3 Å². The van der Waals surface area contributed by atoms with E-state index in [-0.39, 0.29) is 6.61 Å². The van der Waals surface area contributed by atoms with Gasteiger partial charge in [-0.25, -0.2) is 0 Å². The molecule has 0 aliphatic heterocycles. The normalized spacial score (nSPS) is 10.8. The van der Waals surface area contributed by atoms with Crippen LogP contribution in [-0.2, 0) is 6.61 Å². The van der Waals surface area contributed by atoms with Gasteiger partial charge in [0.1, 0.15) is 6.61 Å². The summed E-state index contributed by atoms with van der Waals surface area (Å²) in [5.41, 5.74) is 1.50. The van der Waals surface area contributed by atoms with Crippen LogP contribution < -0.4 is 9.47 Å². The Morgan fingerprint density at radius 1 is 1.14 bits per heavy atom. The predicted molar refractivity (Wildman–Crippen MR) is 83.2 cm³/mol. The van der Waals surface area contributed by atoms with Crippen molar-refractivity contribution in [3.63, 3.8) is 0 Å². The number of hydrogen-bond donors (Lipinski definition) is 1. The highest BCUT2D eigenvalue weighted by Crippen LogP contribution is 2.29. The van der Waals surface area contributed by atoms with E-state index in [9.17, 15) is 0 Å². The zero-order valence-corrected chi connectivity index (χ0v) is 12.7. The monoisotopic (exact) mass is 325 g/mol. The van der Waals surface area contributed by atoms with Crippen molar-refractivity contribution in [1.82, 2.24) is 0 Å². The number of halogens is 2. The van der Waals surface area contributed by atoms with E-state index in [1.165, 1.54) is 6.21 Å². The van der Waals surface area contributed by atoms with Gasteiger partial charge in [0.25, 0.3) is 0 Å². The summed E-state index contributed by atoms with van der Waals surface area (Å²) in [7, 11) is 1.55. The standard InChI is InChI=1S/C15H13Cl2NO3/c1-20-14-5-2-10(8-18-19)6-15(14)21-9-11-3-4-12(16)7-13(11)17/h2-8,19H,9H2,1H3/b18-8-. The van der Waals surface area contributed by atoms with Crippen LogP contribution in [0.25, 0.3) is 0 Å². The molecule has 2 rings (SSSR count). The molecule has 0 amide bonds. The SMILES string of the molecule is COc1ccc(/C=N\O)cc1OCc1ccc(Cl)cc1Cl. The van der Waals surface area contributed by atoms with Crippen molar-refractivity contribution in [2.75, 3.05) is 7.11 Å². The Morgan fingerprint density at radius 2 is 1.95 bits per heavy atom. The lowest BCUT2D eigenvalue weighted by molar-refractivity contribution is 0.284. The third-order valence-corrected chi connectivity index (χ3v) is 3.38. The van der Waals surface area contributed by atoms with Crippen LogP contribution in [0.3, 0.4) is 0 Å². The molecule has 0 bridgehead atoms. The van der Waals surface area contributed by atoms with Crippen LogP contribution in [-0.4, -0.2) is 18.5 Å². The molecule has 2 aromatic carbocycles. The van der Waals surface area contributed by atoms with E-state index in [4.69, 9.17) is 37.9 Å². The van der Waals surface area contributed by atoms with E-state index >= 15 is 0 Å². The maximum Gasteiger partial charge on any atom is 0.162 e. The molecule has 6 heteroatoms. The van der Waals surface area contributed by atoms with E-state index in [0.717, 1.165) is 5.56 Å². The van der Waals surface area contributed by atoms with Gasteiger partial charge < -0.3 is 14.7 Å². The highest BCUT2D eigenvalue weighted by Gasteiger charge is 2.08. The lowest BCUT2D eigenvalue weighted by Gasteiger charge is -2.12. The molecule has 0 unspecified atom stereocenters. The fourth-order valence-corrected chi connectivity index (χ4v) is 2.21. The number of rotatable bonds is 5. The molecule has 21 heavy (non-hydrogen) atoms. The van der Waals surface area contributed by atoms with Gasteiger partial charge in [-0.2, -0.15) is 0 Å². The highest BCUT2D eigenvalue weighted by atomic mass is 35.5. The molecule has 4 nitrogen and oxygen atoms in total. The Bertz CT molecular complexity index is 659. The third kappa shape index (κ3) is 4.03. The van der Waals surface area contributed by atoms with Crippen LogP contribution in [0.1, 0.15) is 11.1 Å². The first-order valence-corrected chi connectivity index (χ1v) is 6.82. The fraction of sp³-hybridized carbons (Fsp3) is 0.133. The van der Waals surface area contributed by atoms with Crippen LogP contribution in [0.2, 0.25) is 10.0 Å². The van der Waals surface area contributed by atoms with Crippen LogP contribution in [0, 0.1) is 0 Å². The van der Waals surface area contributed by atoms with Crippen LogP contribution in [0.15, 0.2) is 41.6 Å². The van der Waals surface area contributed by atoms with Crippen molar-refractivity contribution in [3.05, 3.63) is 57.6 Å². The number of hydrogen-bond acceptors (Lipinski definition) is 4. The summed E-state index contributed by atoms with van der Waals surface area (Å²) >= 11 is 12.0. The highest BCUT2D eigenvalue weighted by molar-refractivity contribution is 6.35. The summed E-state index contributed by atoms with van der Waals surface area (Å²) in [4.78, 5) is 0. The average molecular weight is 326 g/mol. The first kappa shape index (κ1) is 15.5. The molecule has 0 saturated heterocycles. The maximum absolute atomic E-state index is 8.57. The Morgan fingerprint density at radius 3 is 2.62 bits per heavy atom. The Kier molecular flexibility index (Phi) is 5.31. The number of ether oxygens (including phenoxy) is 2. The van der Waals surface area contributed by atoms with Crippen molar-refractivity contribution in [2.45, 2.75) is 6.61 Å². The zero-order valence-electron chi connectivity index (χ0n) is 11.2. The zero-order chi connectivity index (χ0) is 15.2. The van der Waals surface area contributed by atoms with Crippen molar-refractivity contribution >= 4 is 29.4 Å². The Labute approximate surface area is 132 Å². The van der Waals surface area contributed by atoms with Gasteiger partial charge in [0, 0.05) is 21.2 Å². The number of benzene rings is 2. The van der Waals surface area contributed by atoms with Gasteiger partial charge in [-0.05, 0) is 30.3 Å². The van der Waals surface area contributed by atoms with E-state index in [1.54, 1.807) is 43.5 Å². The molecule has 0 heterocycles. The summed E-state index contributed by atoms with van der Waals surface area (Å²) in [6.07, 6.45) is 1.31. The molecule has 110 valence electrons. The minimum Gasteiger partial charge on any atom is -0.493 e. The van der Waals surface area contributed by atoms with Gasteiger partial charge in [-0.15, -0.1) is 0 Å². The van der Waals surface area contributed by atoms with E-state index in [1.807, 2.05) is 0 Å². The first-order chi connectivity index (χ1) is 10.1. The van der Waals surface area contributed by atoms with Crippen molar-refractivity contribution in [3.8, 4) is 11.5 Å². The minimum absolute atomic E-state index is 0.270. The van der Waals surface area contributed by atoms with Crippen molar-refractivity contribution < 1.29 is 14.7 Å². The third-order valence-electron chi connectivity index (χ3n) is 2.79. The minimum atomic E-state index is 0.270. The lowest BCUT2D eigenvalue weighted by Crippen LogP contribution is -1.99. The number of methoxy groups -OCH3 is 1. The molecule has 0 aliphatic rings. The van der Waals surface area contributed by atoms with Crippen LogP contribution >= 0.6 is 23.2 Å². The summed E-state index contributed by atoms with van der Waals surface area (Å²) < 4.78 is 11.0. The molecule has 0 spiro atoms. The molecular formula is C15H13Cl2NO3. The molecular weight excluding hydrogens is 313 g/mol. The molecule has 0 aromatic heterocycles. The predicted octanol–water partition coefficient (Wildman–Crippen LogP) is 4.39. The summed E-state index contributed by atoms with van der Waals surface area (Å²) in [5.74, 6) is 1.11. The average Bonchev–Trinajstić information content (AvgIpc) is 2.47. The molecule has 0 radical (unpaired) electrons. The first-order valence-electron chi connectivity index (χ1n) is 6.06. The van der Waals surface area contributed by atoms with Crippen molar-refractivity contribution in [2.24, 2.45) is 5.16 Å². The largest absolute Gasteiger partial charge is 0.493 e. The quantitative estimate of drug-likeness (QED) is 0.504. The molecule has 0 fully saturated rings. The second-order valence-corrected chi connectivity index (χ2v) is 5.02. The lowest BCUT2D eigenvalue weighted by atomic mass is 10.2. The second-order valence-electron chi connectivity index (χ2n) is 4.18. The topological polar surface area (TPSA) is 51.0 Å². The van der Waals surface area contributed by atoms with E-state index < -0.39 is 0 Å². The summed E-state index contributed by atoms with van der Waals surface area (Å²) in [5, 5.41) is 12.7. The van der Waals surface area contributed by atoms with Gasteiger partial charge in [0.15, 0.2) is 11.5 Å². The van der Waals surface area contributed by atoms with E-state index in [0.29, 0.717) is 27.1 Å². The Hall–Kier alpha value is -1.91. The van der Waals surface area contributed by atoms with E-state index in [2.05, 4.69) is 5.16 Å². The number of nitrogens with zero attached hydrogens (tertiary/aromatic N) is 1. The smallest absolute Gasteiger partial charge is 0.162 e. The Balaban J connectivity index is 2.20. The molecule has 0 atom stereocenters. The summed E-state index contributed by atoms with van der Waals surface area (Å²) in [6.45, 7) is 0.270. The van der Waals surface area contributed by atoms with Gasteiger partial charge in [0.2, 0.25) is 0 Å². The maximum atomic E-state index is 8.57. The van der Waals surface area contributed by atoms with Crippen molar-refractivity contribution in [1.29, 1.82) is 0 Å². The van der Waals surface area contributed by atoms with Gasteiger partial charge >= 0.3 is 0 Å². The van der Waals surface area contributed by atoms with Crippen LogP contribution in [0.5, 0.6) is 11.5 Å². The molecule has 0 saturated carbocycles. The van der Waals surface area contributed by atoms with Gasteiger partial charge in [-0.3, -0.25) is 0 Å². The fourth-order valence-electron chi connectivity index (χ4n) is 1.75. The number of oxime groups is 1. The molecule has 2 aromatic rings. The van der Waals surface area contributed by atoms with Gasteiger partial charge in [-0.1, -0.05) is 34.4 Å².